The predicted molar refractivity (Wildman–Crippen MR) is 70.9 cm³/mol. The normalized spacial score (nSPS) is 11.1. The van der Waals surface area contributed by atoms with E-state index in [0.717, 1.165) is 26.2 Å². The summed E-state index contributed by atoms with van der Waals surface area (Å²) in [5, 5.41) is 3.70. The van der Waals surface area contributed by atoms with Crippen molar-refractivity contribution < 1.29 is 4.39 Å². The topological polar surface area (TPSA) is 15.3 Å². The van der Waals surface area contributed by atoms with E-state index in [1.54, 1.807) is 12.1 Å². The van der Waals surface area contributed by atoms with E-state index in [9.17, 15) is 4.39 Å². The molecule has 1 aromatic carbocycles. The van der Waals surface area contributed by atoms with Crippen molar-refractivity contribution in [3.05, 3.63) is 34.6 Å². The number of benzene rings is 1. The Hall–Kier alpha value is -0.640. The average Bonchev–Trinajstić information content (AvgIpc) is 2.32. The lowest BCUT2D eigenvalue weighted by molar-refractivity contribution is 0.302. The van der Waals surface area contributed by atoms with Crippen LogP contribution in [0.3, 0.4) is 0 Å². The number of rotatable bonds is 7. The van der Waals surface area contributed by atoms with Gasteiger partial charge in [-0.1, -0.05) is 31.5 Å². The highest BCUT2D eigenvalue weighted by Crippen LogP contribution is 2.18. The van der Waals surface area contributed by atoms with Crippen molar-refractivity contribution >= 4 is 11.6 Å². The van der Waals surface area contributed by atoms with Gasteiger partial charge in [0.05, 0.1) is 0 Å². The molecule has 0 radical (unpaired) electrons. The van der Waals surface area contributed by atoms with Crippen LogP contribution in [0.25, 0.3) is 0 Å². The number of hydrogen-bond donors (Lipinski definition) is 1. The van der Waals surface area contributed by atoms with Gasteiger partial charge in [0, 0.05) is 30.2 Å². The van der Waals surface area contributed by atoms with Crippen molar-refractivity contribution in [3.8, 4) is 0 Å². The molecule has 0 spiro atoms. The lowest BCUT2D eigenvalue weighted by Gasteiger charge is -2.18. The van der Waals surface area contributed by atoms with Crippen LogP contribution in [0.1, 0.15) is 19.4 Å². The van der Waals surface area contributed by atoms with Gasteiger partial charge in [0.1, 0.15) is 5.82 Å². The zero-order valence-electron chi connectivity index (χ0n) is 10.5. The second-order valence-electron chi connectivity index (χ2n) is 3.90. The molecule has 0 fully saturated rings. The van der Waals surface area contributed by atoms with Gasteiger partial charge >= 0.3 is 0 Å². The Balaban J connectivity index is 2.36. The summed E-state index contributed by atoms with van der Waals surface area (Å²) in [6, 6.07) is 4.77. The van der Waals surface area contributed by atoms with Crippen LogP contribution in [0, 0.1) is 5.82 Å². The van der Waals surface area contributed by atoms with E-state index in [1.807, 2.05) is 0 Å². The molecule has 0 atom stereocenters. The van der Waals surface area contributed by atoms with Gasteiger partial charge in [-0.2, -0.15) is 0 Å². The first-order chi connectivity index (χ1) is 8.19. The van der Waals surface area contributed by atoms with Gasteiger partial charge in [0.2, 0.25) is 0 Å². The van der Waals surface area contributed by atoms with Gasteiger partial charge in [0.25, 0.3) is 0 Å². The molecule has 2 nitrogen and oxygen atoms in total. The van der Waals surface area contributed by atoms with Gasteiger partial charge < -0.3 is 10.2 Å². The first-order valence-electron chi connectivity index (χ1n) is 6.05. The van der Waals surface area contributed by atoms with Crippen LogP contribution < -0.4 is 5.32 Å². The first kappa shape index (κ1) is 14.4. The number of likely N-dealkylation sites (N-methyl/N-ethyl adjacent to an activating group) is 1. The molecule has 0 aromatic heterocycles. The molecule has 1 rings (SSSR count). The number of nitrogens with one attached hydrogen (secondary N) is 1. The maximum Gasteiger partial charge on any atom is 0.129 e. The zero-order valence-corrected chi connectivity index (χ0v) is 11.2. The molecule has 0 saturated heterocycles. The van der Waals surface area contributed by atoms with Crippen molar-refractivity contribution in [2.24, 2.45) is 0 Å². The third kappa shape index (κ3) is 4.62. The van der Waals surface area contributed by atoms with E-state index in [2.05, 4.69) is 24.1 Å². The van der Waals surface area contributed by atoms with Crippen LogP contribution in [0.5, 0.6) is 0 Å². The molecular formula is C13H20ClFN2. The Bertz CT molecular complexity index is 320. The van der Waals surface area contributed by atoms with Crippen LogP contribution in [-0.4, -0.2) is 31.1 Å². The van der Waals surface area contributed by atoms with Crippen LogP contribution in [0.2, 0.25) is 5.02 Å². The van der Waals surface area contributed by atoms with E-state index in [1.165, 1.54) is 6.07 Å². The van der Waals surface area contributed by atoms with E-state index in [4.69, 9.17) is 11.6 Å². The summed E-state index contributed by atoms with van der Waals surface area (Å²) in [7, 11) is 0. The van der Waals surface area contributed by atoms with Crippen LogP contribution >= 0.6 is 11.6 Å². The molecule has 96 valence electrons. The Kier molecular flexibility index (Phi) is 6.48. The maximum absolute atomic E-state index is 13.4. The lowest BCUT2D eigenvalue weighted by atomic mass is 10.2. The lowest BCUT2D eigenvalue weighted by Crippen LogP contribution is -2.31. The summed E-state index contributed by atoms with van der Waals surface area (Å²) < 4.78 is 13.4. The molecule has 0 bridgehead atoms. The summed E-state index contributed by atoms with van der Waals surface area (Å²) in [5.74, 6) is -0.243. The van der Waals surface area contributed by atoms with Gasteiger partial charge in [0.15, 0.2) is 0 Å². The van der Waals surface area contributed by atoms with E-state index >= 15 is 0 Å². The fourth-order valence-corrected chi connectivity index (χ4v) is 1.92. The molecule has 0 saturated carbocycles. The summed E-state index contributed by atoms with van der Waals surface area (Å²) in [6.45, 7) is 8.64. The highest BCUT2D eigenvalue weighted by Gasteiger charge is 2.06. The van der Waals surface area contributed by atoms with Crippen molar-refractivity contribution in [2.75, 3.05) is 26.2 Å². The second-order valence-corrected chi connectivity index (χ2v) is 4.31. The Morgan fingerprint density at radius 1 is 1.29 bits per heavy atom. The largest absolute Gasteiger partial charge is 0.311 e. The van der Waals surface area contributed by atoms with Gasteiger partial charge in [-0.3, -0.25) is 0 Å². The molecule has 0 amide bonds. The minimum absolute atomic E-state index is 0.243. The highest BCUT2D eigenvalue weighted by atomic mass is 35.5. The minimum atomic E-state index is -0.243. The van der Waals surface area contributed by atoms with E-state index in [0.29, 0.717) is 17.1 Å². The summed E-state index contributed by atoms with van der Waals surface area (Å²) in [5.41, 5.74) is 0.550. The van der Waals surface area contributed by atoms with Crippen molar-refractivity contribution in [1.29, 1.82) is 0 Å². The highest BCUT2D eigenvalue weighted by molar-refractivity contribution is 6.31. The monoisotopic (exact) mass is 258 g/mol. The summed E-state index contributed by atoms with van der Waals surface area (Å²) in [4.78, 5) is 2.32. The molecule has 0 heterocycles. The Morgan fingerprint density at radius 2 is 2.00 bits per heavy atom. The standard InChI is InChI=1S/C13H20ClFN2/c1-3-17(4-2)9-8-16-10-11-12(14)6-5-7-13(11)15/h5-7,16H,3-4,8-10H2,1-2H3. The van der Waals surface area contributed by atoms with E-state index < -0.39 is 0 Å². The maximum atomic E-state index is 13.4. The zero-order chi connectivity index (χ0) is 12.7. The molecule has 17 heavy (non-hydrogen) atoms. The second kappa shape index (κ2) is 7.64. The predicted octanol–water partition coefficient (Wildman–Crippen LogP) is 2.91. The quantitative estimate of drug-likeness (QED) is 0.757. The summed E-state index contributed by atoms with van der Waals surface area (Å²) >= 11 is 5.94. The molecule has 4 heteroatoms. The van der Waals surface area contributed by atoms with Crippen LogP contribution in [0.15, 0.2) is 18.2 Å². The average molecular weight is 259 g/mol. The molecule has 0 aliphatic rings. The Labute approximate surface area is 108 Å². The van der Waals surface area contributed by atoms with Gasteiger partial charge in [-0.15, -0.1) is 0 Å². The Morgan fingerprint density at radius 3 is 2.59 bits per heavy atom. The number of halogens is 2. The van der Waals surface area contributed by atoms with Crippen molar-refractivity contribution in [3.63, 3.8) is 0 Å². The summed E-state index contributed by atoms with van der Waals surface area (Å²) in [6.07, 6.45) is 0. The van der Waals surface area contributed by atoms with Crippen LogP contribution in [-0.2, 0) is 6.54 Å². The molecule has 0 aliphatic carbocycles. The molecular weight excluding hydrogens is 239 g/mol. The molecule has 0 aliphatic heterocycles. The van der Waals surface area contributed by atoms with E-state index in [-0.39, 0.29) is 5.82 Å². The number of nitrogens with zero attached hydrogens (tertiary/aromatic N) is 1. The first-order valence-corrected chi connectivity index (χ1v) is 6.42. The third-order valence-corrected chi connectivity index (χ3v) is 3.22. The van der Waals surface area contributed by atoms with Gasteiger partial charge in [-0.05, 0) is 25.2 Å². The molecule has 1 N–H and O–H groups in total. The SMILES string of the molecule is CCN(CC)CCNCc1c(F)cccc1Cl. The van der Waals surface area contributed by atoms with Crippen molar-refractivity contribution in [2.45, 2.75) is 20.4 Å². The number of hydrogen-bond acceptors (Lipinski definition) is 2. The smallest absolute Gasteiger partial charge is 0.129 e. The molecule has 1 aromatic rings. The third-order valence-electron chi connectivity index (χ3n) is 2.86. The molecule has 0 unspecified atom stereocenters. The minimum Gasteiger partial charge on any atom is -0.311 e. The van der Waals surface area contributed by atoms with Crippen molar-refractivity contribution in [1.82, 2.24) is 10.2 Å². The van der Waals surface area contributed by atoms with Crippen LogP contribution in [0.4, 0.5) is 4.39 Å². The fourth-order valence-electron chi connectivity index (χ4n) is 1.69. The van der Waals surface area contributed by atoms with Gasteiger partial charge in [-0.25, -0.2) is 4.39 Å². The fraction of sp³-hybridized carbons (Fsp3) is 0.538.